The summed E-state index contributed by atoms with van der Waals surface area (Å²) < 4.78 is 68.7. The summed E-state index contributed by atoms with van der Waals surface area (Å²) in [5.74, 6) is -0.560. The fourth-order valence-electron chi connectivity index (χ4n) is 12.2. The van der Waals surface area contributed by atoms with Crippen molar-refractivity contribution in [2.45, 2.75) is 432 Å². The number of aliphatic hydroxyl groups excluding tert-OH is 1. The van der Waals surface area contributed by atoms with E-state index in [-0.39, 0.29) is 25.7 Å². The molecule has 0 heterocycles. The fourth-order valence-corrected chi connectivity index (χ4v) is 13.7. The van der Waals surface area contributed by atoms with Gasteiger partial charge in [-0.25, -0.2) is 9.13 Å². The zero-order valence-electron chi connectivity index (χ0n) is 64.1. The Labute approximate surface area is 600 Å². The van der Waals surface area contributed by atoms with E-state index >= 15 is 0 Å². The predicted octanol–water partition coefficient (Wildman–Crippen LogP) is 23.5. The van der Waals surface area contributed by atoms with E-state index in [2.05, 4.69) is 41.5 Å². The molecule has 0 aromatic rings. The lowest BCUT2D eigenvalue weighted by atomic mass is 9.99. The molecule has 0 aromatic carbocycles. The van der Waals surface area contributed by atoms with Gasteiger partial charge in [0.1, 0.15) is 19.3 Å². The van der Waals surface area contributed by atoms with Gasteiger partial charge in [0, 0.05) is 25.7 Å². The van der Waals surface area contributed by atoms with Gasteiger partial charge in [-0.1, -0.05) is 363 Å². The molecule has 0 aliphatic heterocycles. The molecule has 0 aliphatic carbocycles. The molecule has 17 nitrogen and oxygen atoms in total. The van der Waals surface area contributed by atoms with Gasteiger partial charge in [0.15, 0.2) is 12.2 Å². The number of esters is 4. The third-order valence-corrected chi connectivity index (χ3v) is 20.7. The molecule has 582 valence electrons. The summed E-state index contributed by atoms with van der Waals surface area (Å²) in [5.41, 5.74) is 0. The molecule has 98 heavy (non-hydrogen) atoms. The Bertz CT molecular complexity index is 1890. The number of hydrogen-bond donors (Lipinski definition) is 3. The summed E-state index contributed by atoms with van der Waals surface area (Å²) in [6.45, 7) is 9.63. The van der Waals surface area contributed by atoms with E-state index in [4.69, 9.17) is 37.0 Å². The highest BCUT2D eigenvalue weighted by atomic mass is 31.2. The van der Waals surface area contributed by atoms with Crippen LogP contribution in [-0.2, 0) is 65.4 Å². The topological polar surface area (TPSA) is 237 Å². The van der Waals surface area contributed by atoms with Crippen LogP contribution >= 0.6 is 15.6 Å². The number of carbonyl (C=O) groups is 4. The van der Waals surface area contributed by atoms with Crippen molar-refractivity contribution in [1.29, 1.82) is 0 Å². The predicted molar refractivity (Wildman–Crippen MR) is 400 cm³/mol. The lowest BCUT2D eigenvalue weighted by molar-refractivity contribution is -0.161. The van der Waals surface area contributed by atoms with Crippen LogP contribution < -0.4 is 0 Å². The number of ether oxygens (including phenoxy) is 4. The number of carbonyl (C=O) groups excluding carboxylic acids is 4. The molecule has 0 aromatic heterocycles. The SMILES string of the molecule is CCCCCCCCCCCCCCCCCCCCCC(=O)O[C@H](COC(=O)CCCCCCCCCCCCCCC(C)C)COP(=O)(O)OC[C@@H](O)COP(=O)(O)OC[C@@H](COC(=O)CCCCCCCCCCCCCC)OC(=O)CCCCCCCCCCC(C)CC. The standard InChI is InChI=1S/C79H154O17P2/c1-7-10-12-14-16-18-20-22-23-24-25-26-27-28-34-38-45-51-57-63-78(83)95-74(67-89-77(82)62-56-50-44-37-33-30-29-31-35-41-47-53-59-71(4)5)69-93-97(85,86)91-65-73(80)66-92-98(87,88)94-70-75(96-79(84)64-58-52-46-40-39-42-48-54-60-72(6)9-3)68-90-76(81)61-55-49-43-36-32-21-19-17-15-13-11-8-2/h71-75,80H,7-70H2,1-6H3,(H,85,86)(H,87,88)/t72?,73-,74-,75-/m1/s1. The zero-order valence-corrected chi connectivity index (χ0v) is 65.9. The first-order valence-electron chi connectivity index (χ1n) is 41.0. The maximum Gasteiger partial charge on any atom is 0.472 e. The van der Waals surface area contributed by atoms with Crippen molar-refractivity contribution in [1.82, 2.24) is 0 Å². The number of aliphatic hydroxyl groups is 1. The van der Waals surface area contributed by atoms with Crippen molar-refractivity contribution in [3.63, 3.8) is 0 Å². The number of unbranched alkanes of at least 4 members (excludes halogenated alkanes) is 47. The van der Waals surface area contributed by atoms with Crippen LogP contribution in [-0.4, -0.2) is 96.7 Å². The Hall–Kier alpha value is -1.94. The molecular formula is C79H154O17P2. The fraction of sp³-hybridized carbons (Fsp3) is 0.949. The molecule has 0 bridgehead atoms. The molecule has 0 radical (unpaired) electrons. The van der Waals surface area contributed by atoms with Crippen molar-refractivity contribution in [3.8, 4) is 0 Å². The second kappa shape index (κ2) is 70.7. The van der Waals surface area contributed by atoms with Crippen LogP contribution in [0.25, 0.3) is 0 Å². The highest BCUT2D eigenvalue weighted by Gasteiger charge is 2.30. The van der Waals surface area contributed by atoms with Crippen LogP contribution in [0.2, 0.25) is 0 Å². The molecule has 6 atom stereocenters. The molecule has 0 aliphatic rings. The number of phosphoric ester groups is 2. The van der Waals surface area contributed by atoms with Gasteiger partial charge >= 0.3 is 39.5 Å². The Morgan fingerprint density at radius 1 is 0.296 bits per heavy atom. The van der Waals surface area contributed by atoms with Crippen molar-refractivity contribution in [2.75, 3.05) is 39.6 Å². The number of phosphoric acid groups is 2. The van der Waals surface area contributed by atoms with E-state index in [0.717, 1.165) is 102 Å². The summed E-state index contributed by atoms with van der Waals surface area (Å²) in [5, 5.41) is 10.6. The third kappa shape index (κ3) is 71.1. The van der Waals surface area contributed by atoms with E-state index in [1.165, 1.54) is 231 Å². The van der Waals surface area contributed by atoms with Crippen molar-refractivity contribution in [2.24, 2.45) is 11.8 Å². The molecule has 19 heteroatoms. The maximum absolute atomic E-state index is 13.1. The Kier molecular flexibility index (Phi) is 69.3. The summed E-state index contributed by atoms with van der Waals surface area (Å²) in [6.07, 6.45) is 59.5. The van der Waals surface area contributed by atoms with Crippen LogP contribution in [0, 0.1) is 11.8 Å². The monoisotopic (exact) mass is 1440 g/mol. The lowest BCUT2D eigenvalue weighted by Crippen LogP contribution is -2.30. The summed E-state index contributed by atoms with van der Waals surface area (Å²) in [7, 11) is -9.92. The molecule has 0 saturated heterocycles. The second-order valence-corrected chi connectivity index (χ2v) is 32.1. The highest BCUT2D eigenvalue weighted by molar-refractivity contribution is 7.47. The van der Waals surface area contributed by atoms with E-state index in [1.807, 2.05) is 0 Å². The van der Waals surface area contributed by atoms with Crippen molar-refractivity contribution < 1.29 is 80.2 Å². The van der Waals surface area contributed by atoms with Gasteiger partial charge in [0.2, 0.25) is 0 Å². The molecule has 0 spiro atoms. The minimum absolute atomic E-state index is 0.106. The minimum atomic E-state index is -4.96. The molecule has 3 N–H and O–H groups in total. The number of hydrogen-bond acceptors (Lipinski definition) is 15. The molecular weight excluding hydrogens is 1280 g/mol. The first-order chi connectivity index (χ1) is 47.4. The van der Waals surface area contributed by atoms with Gasteiger partial charge in [0.05, 0.1) is 26.4 Å². The second-order valence-electron chi connectivity index (χ2n) is 29.2. The largest absolute Gasteiger partial charge is 0.472 e. The van der Waals surface area contributed by atoms with Crippen LogP contribution in [0.5, 0.6) is 0 Å². The van der Waals surface area contributed by atoms with E-state index in [0.29, 0.717) is 25.7 Å². The average Bonchev–Trinajstić information content (AvgIpc) is 1.38. The molecule has 0 fully saturated rings. The van der Waals surface area contributed by atoms with Gasteiger partial charge in [-0.15, -0.1) is 0 Å². The van der Waals surface area contributed by atoms with E-state index in [9.17, 15) is 43.2 Å². The summed E-state index contributed by atoms with van der Waals surface area (Å²) >= 11 is 0. The van der Waals surface area contributed by atoms with Crippen LogP contribution in [0.15, 0.2) is 0 Å². The van der Waals surface area contributed by atoms with Gasteiger partial charge in [-0.05, 0) is 37.5 Å². The molecule has 0 saturated carbocycles. The average molecular weight is 1440 g/mol. The Balaban J connectivity index is 5.25. The first-order valence-corrected chi connectivity index (χ1v) is 44.0. The highest BCUT2D eigenvalue weighted by Crippen LogP contribution is 2.45. The summed E-state index contributed by atoms with van der Waals surface area (Å²) in [6, 6.07) is 0. The quantitative estimate of drug-likeness (QED) is 0.0222. The van der Waals surface area contributed by atoms with Gasteiger partial charge in [0.25, 0.3) is 0 Å². The van der Waals surface area contributed by atoms with Crippen molar-refractivity contribution >= 4 is 39.5 Å². The Morgan fingerprint density at radius 2 is 0.520 bits per heavy atom. The third-order valence-electron chi connectivity index (χ3n) is 18.8. The van der Waals surface area contributed by atoms with Gasteiger partial charge in [-0.2, -0.15) is 0 Å². The van der Waals surface area contributed by atoms with Gasteiger partial charge in [-0.3, -0.25) is 37.3 Å². The Morgan fingerprint density at radius 3 is 0.776 bits per heavy atom. The van der Waals surface area contributed by atoms with E-state index in [1.54, 1.807) is 0 Å². The zero-order chi connectivity index (χ0) is 72.1. The van der Waals surface area contributed by atoms with Crippen LogP contribution in [0.4, 0.5) is 0 Å². The molecule has 3 unspecified atom stereocenters. The normalized spacial score (nSPS) is 14.2. The maximum atomic E-state index is 13.1. The first kappa shape index (κ1) is 96.1. The smallest absolute Gasteiger partial charge is 0.462 e. The van der Waals surface area contributed by atoms with Crippen LogP contribution in [0.3, 0.4) is 0 Å². The minimum Gasteiger partial charge on any atom is -0.462 e. The van der Waals surface area contributed by atoms with Crippen molar-refractivity contribution in [3.05, 3.63) is 0 Å². The number of rotatable bonds is 78. The molecule has 0 amide bonds. The molecule has 0 rings (SSSR count). The lowest BCUT2D eigenvalue weighted by Gasteiger charge is -2.21. The summed E-state index contributed by atoms with van der Waals surface area (Å²) in [4.78, 5) is 73.0. The van der Waals surface area contributed by atoms with E-state index < -0.39 is 97.5 Å². The van der Waals surface area contributed by atoms with Gasteiger partial charge < -0.3 is 33.8 Å². The van der Waals surface area contributed by atoms with Crippen LogP contribution in [0.1, 0.15) is 414 Å².